The fourth-order valence-corrected chi connectivity index (χ4v) is 1.41. The van der Waals surface area contributed by atoms with Crippen molar-refractivity contribution in [2.24, 2.45) is 7.05 Å². The number of imidazole rings is 1. The number of hydrogen-bond donors (Lipinski definition) is 1. The number of hydrogen-bond acceptors (Lipinski definition) is 5. The van der Waals surface area contributed by atoms with Crippen LogP contribution in [0.2, 0.25) is 0 Å². The summed E-state index contributed by atoms with van der Waals surface area (Å²) in [6.07, 6.45) is 0. The van der Waals surface area contributed by atoms with Gasteiger partial charge in [0.1, 0.15) is 0 Å². The van der Waals surface area contributed by atoms with Gasteiger partial charge < -0.3 is 20.2 Å². The summed E-state index contributed by atoms with van der Waals surface area (Å²) in [6.45, 7) is 4.08. The Morgan fingerprint density at radius 3 is 2.81 bits per heavy atom. The lowest BCUT2D eigenvalue weighted by atomic mass is 10.3. The van der Waals surface area contributed by atoms with Crippen molar-refractivity contribution in [1.29, 1.82) is 0 Å². The van der Waals surface area contributed by atoms with Crippen molar-refractivity contribution in [2.75, 3.05) is 19.0 Å². The first kappa shape index (κ1) is 12.4. The van der Waals surface area contributed by atoms with Gasteiger partial charge in [0.25, 0.3) is 0 Å². The molecule has 0 aromatic carbocycles. The van der Waals surface area contributed by atoms with Crippen LogP contribution in [0.4, 0.5) is 11.6 Å². The molecule has 0 aliphatic rings. The molecular formula is C9H16N4O3. The summed E-state index contributed by atoms with van der Waals surface area (Å²) < 4.78 is 6.62. The Bertz CT molecular complexity index is 388. The van der Waals surface area contributed by atoms with Gasteiger partial charge in [0.05, 0.1) is 6.61 Å². The average Bonchev–Trinajstić information content (AvgIpc) is 2.46. The van der Waals surface area contributed by atoms with Gasteiger partial charge in [-0.2, -0.15) is 0 Å². The molecule has 1 N–H and O–H groups in total. The summed E-state index contributed by atoms with van der Waals surface area (Å²) in [4.78, 5) is 14.2. The Kier molecular flexibility index (Phi) is 3.83. The Hall–Kier alpha value is -1.63. The minimum absolute atomic E-state index is 0.0153. The van der Waals surface area contributed by atoms with E-state index < -0.39 is 4.92 Å². The van der Waals surface area contributed by atoms with E-state index in [1.807, 2.05) is 6.92 Å². The largest absolute Gasteiger partial charge is 0.406 e. The maximum atomic E-state index is 10.8. The standard InChI is InChI=1S/C9H16N4O3/c1-6(5-16-4)10-8-9(13(14)15)11-7(2)12(8)3/h6,10H,5H2,1-4H3. The summed E-state index contributed by atoms with van der Waals surface area (Å²) >= 11 is 0. The SMILES string of the molecule is COCC(C)Nc1c([N+](=O)[O-])nc(C)n1C. The van der Waals surface area contributed by atoms with Crippen LogP contribution in [-0.2, 0) is 11.8 Å². The zero-order valence-corrected chi connectivity index (χ0v) is 9.85. The zero-order chi connectivity index (χ0) is 12.3. The van der Waals surface area contributed by atoms with Gasteiger partial charge in [-0.1, -0.05) is 0 Å². The van der Waals surface area contributed by atoms with E-state index in [0.717, 1.165) is 0 Å². The Morgan fingerprint density at radius 2 is 2.31 bits per heavy atom. The summed E-state index contributed by atoms with van der Waals surface area (Å²) in [7, 11) is 3.32. The van der Waals surface area contributed by atoms with E-state index in [1.54, 1.807) is 25.6 Å². The molecule has 1 heterocycles. The third-order valence-corrected chi connectivity index (χ3v) is 2.27. The van der Waals surface area contributed by atoms with E-state index in [0.29, 0.717) is 18.2 Å². The van der Waals surface area contributed by atoms with Gasteiger partial charge in [-0.25, -0.2) is 0 Å². The summed E-state index contributed by atoms with van der Waals surface area (Å²) in [6, 6.07) is -0.0153. The third-order valence-electron chi connectivity index (χ3n) is 2.27. The third kappa shape index (κ3) is 2.48. The van der Waals surface area contributed by atoms with Crippen LogP contribution >= 0.6 is 0 Å². The molecule has 0 fully saturated rings. The summed E-state index contributed by atoms with van der Waals surface area (Å²) in [5.74, 6) is 0.855. The number of rotatable bonds is 5. The second kappa shape index (κ2) is 4.93. The quantitative estimate of drug-likeness (QED) is 0.602. The molecule has 16 heavy (non-hydrogen) atoms. The molecule has 1 rings (SSSR count). The Balaban J connectivity index is 2.97. The van der Waals surface area contributed by atoms with Crippen LogP contribution in [0, 0.1) is 17.0 Å². The van der Waals surface area contributed by atoms with Crippen molar-refractivity contribution in [3.05, 3.63) is 15.9 Å². The predicted octanol–water partition coefficient (Wildman–Crippen LogP) is 1.08. The second-order valence-electron chi connectivity index (χ2n) is 3.65. The number of nitrogens with zero attached hydrogens (tertiary/aromatic N) is 3. The average molecular weight is 228 g/mol. The Labute approximate surface area is 93.6 Å². The molecule has 7 heteroatoms. The van der Waals surface area contributed by atoms with Crippen molar-refractivity contribution in [3.8, 4) is 0 Å². The van der Waals surface area contributed by atoms with Gasteiger partial charge in [0.2, 0.25) is 11.6 Å². The molecule has 0 saturated heterocycles. The molecular weight excluding hydrogens is 212 g/mol. The van der Waals surface area contributed by atoms with Gasteiger partial charge in [0.15, 0.2) is 0 Å². The van der Waals surface area contributed by atoms with E-state index in [4.69, 9.17) is 4.74 Å². The fraction of sp³-hybridized carbons (Fsp3) is 0.667. The molecule has 0 aliphatic heterocycles. The highest BCUT2D eigenvalue weighted by Crippen LogP contribution is 2.24. The van der Waals surface area contributed by atoms with Crippen LogP contribution in [0.1, 0.15) is 12.7 Å². The van der Waals surface area contributed by atoms with Crippen molar-refractivity contribution in [3.63, 3.8) is 0 Å². The van der Waals surface area contributed by atoms with Gasteiger partial charge in [-0.15, -0.1) is 0 Å². The topological polar surface area (TPSA) is 82.2 Å². The maximum absolute atomic E-state index is 10.8. The predicted molar refractivity (Wildman–Crippen MR) is 59.6 cm³/mol. The first-order valence-electron chi connectivity index (χ1n) is 4.90. The van der Waals surface area contributed by atoms with Crippen LogP contribution in [0.5, 0.6) is 0 Å². The van der Waals surface area contributed by atoms with E-state index in [2.05, 4.69) is 10.3 Å². The Morgan fingerprint density at radius 1 is 1.69 bits per heavy atom. The second-order valence-corrected chi connectivity index (χ2v) is 3.65. The number of nitrogens with one attached hydrogen (secondary N) is 1. The number of aromatic nitrogens is 2. The number of nitro groups is 1. The van der Waals surface area contributed by atoms with Crippen LogP contribution in [0.3, 0.4) is 0 Å². The molecule has 1 atom stereocenters. The van der Waals surface area contributed by atoms with Gasteiger partial charge >= 0.3 is 5.82 Å². The van der Waals surface area contributed by atoms with E-state index in [9.17, 15) is 10.1 Å². The van der Waals surface area contributed by atoms with Crippen LogP contribution in [0.25, 0.3) is 0 Å². The first-order valence-corrected chi connectivity index (χ1v) is 4.90. The summed E-state index contributed by atoms with van der Waals surface area (Å²) in [5.41, 5.74) is 0. The highest BCUT2D eigenvalue weighted by molar-refractivity contribution is 5.54. The summed E-state index contributed by atoms with van der Waals surface area (Å²) in [5, 5.41) is 13.8. The van der Waals surface area contributed by atoms with E-state index in [-0.39, 0.29) is 11.9 Å². The maximum Gasteiger partial charge on any atom is 0.406 e. The molecule has 0 radical (unpaired) electrons. The minimum Gasteiger partial charge on any atom is -0.383 e. The van der Waals surface area contributed by atoms with E-state index >= 15 is 0 Å². The molecule has 1 aromatic heterocycles. The molecule has 0 aliphatic carbocycles. The van der Waals surface area contributed by atoms with Crippen molar-refractivity contribution >= 4 is 11.6 Å². The number of methoxy groups -OCH3 is 1. The molecule has 90 valence electrons. The van der Waals surface area contributed by atoms with E-state index in [1.165, 1.54) is 0 Å². The van der Waals surface area contributed by atoms with Crippen LogP contribution in [0.15, 0.2) is 0 Å². The fourth-order valence-electron chi connectivity index (χ4n) is 1.41. The molecule has 1 unspecified atom stereocenters. The van der Waals surface area contributed by atoms with Crippen LogP contribution in [-0.4, -0.2) is 34.2 Å². The van der Waals surface area contributed by atoms with Crippen molar-refractivity contribution in [2.45, 2.75) is 19.9 Å². The molecule has 0 spiro atoms. The lowest BCUT2D eigenvalue weighted by Gasteiger charge is -2.13. The van der Waals surface area contributed by atoms with Gasteiger partial charge in [-0.05, 0) is 16.8 Å². The number of ether oxygens (including phenoxy) is 1. The highest BCUT2D eigenvalue weighted by Gasteiger charge is 2.24. The zero-order valence-electron chi connectivity index (χ0n) is 9.85. The lowest BCUT2D eigenvalue weighted by molar-refractivity contribution is -0.388. The minimum atomic E-state index is -0.491. The van der Waals surface area contributed by atoms with Crippen molar-refractivity contribution in [1.82, 2.24) is 9.55 Å². The van der Waals surface area contributed by atoms with Gasteiger partial charge in [0, 0.05) is 27.1 Å². The molecule has 1 aromatic rings. The first-order chi connectivity index (χ1) is 7.47. The van der Waals surface area contributed by atoms with Gasteiger partial charge in [-0.3, -0.25) is 4.57 Å². The lowest BCUT2D eigenvalue weighted by Crippen LogP contribution is -2.22. The monoisotopic (exact) mass is 228 g/mol. The smallest absolute Gasteiger partial charge is 0.383 e. The normalized spacial score (nSPS) is 12.5. The highest BCUT2D eigenvalue weighted by atomic mass is 16.6. The van der Waals surface area contributed by atoms with Crippen molar-refractivity contribution < 1.29 is 9.66 Å². The number of anilines is 1. The van der Waals surface area contributed by atoms with Crippen LogP contribution < -0.4 is 5.32 Å². The molecule has 0 amide bonds. The number of aryl methyl sites for hydroxylation is 1. The molecule has 0 bridgehead atoms. The molecule has 0 saturated carbocycles. The molecule has 7 nitrogen and oxygen atoms in total.